The summed E-state index contributed by atoms with van der Waals surface area (Å²) >= 11 is 1.35. The van der Waals surface area contributed by atoms with Crippen LogP contribution in [-0.4, -0.2) is 46.8 Å². The Morgan fingerprint density at radius 2 is 1.72 bits per heavy atom. The summed E-state index contributed by atoms with van der Waals surface area (Å²) in [4.78, 5) is 44.2. The van der Waals surface area contributed by atoms with Gasteiger partial charge in [-0.15, -0.1) is 11.3 Å². The number of carbonyl (C=O) groups excluding carboxylic acids is 2. The van der Waals surface area contributed by atoms with Crippen molar-refractivity contribution in [3.63, 3.8) is 0 Å². The van der Waals surface area contributed by atoms with E-state index in [2.05, 4.69) is 6.92 Å². The molecule has 0 saturated heterocycles. The van der Waals surface area contributed by atoms with Crippen LogP contribution in [0.1, 0.15) is 62.3 Å². The van der Waals surface area contributed by atoms with E-state index in [-0.39, 0.29) is 0 Å². The second kappa shape index (κ2) is 13.6. The Balaban J connectivity index is 0.000000306. The molecule has 1 unspecified atom stereocenters. The van der Waals surface area contributed by atoms with Crippen molar-refractivity contribution in [3.8, 4) is 0 Å². The number of esters is 1. The minimum absolute atomic E-state index is 0.304. The molecule has 0 radical (unpaired) electrons. The largest absolute Gasteiger partial charge is 0.490 e. The van der Waals surface area contributed by atoms with E-state index in [0.717, 1.165) is 29.7 Å². The number of rotatable bonds is 5. The summed E-state index contributed by atoms with van der Waals surface area (Å²) in [7, 11) is 0. The third-order valence-corrected chi connectivity index (χ3v) is 6.15. The minimum atomic E-state index is -5.08. The first-order valence-electron chi connectivity index (χ1n) is 10.6. The number of hydrogen-bond donors (Lipinski definition) is 4. The van der Waals surface area contributed by atoms with Crippen molar-refractivity contribution < 1.29 is 47.3 Å². The lowest BCUT2D eigenvalue weighted by molar-refractivity contribution is -0.192. The molecule has 1 aromatic heterocycles. The summed E-state index contributed by atoms with van der Waals surface area (Å²) in [6.45, 7) is 4.23. The number of carboxylic acids is 2. The van der Waals surface area contributed by atoms with Crippen LogP contribution in [0.5, 0.6) is 0 Å². The molecule has 1 aliphatic rings. The maximum absolute atomic E-state index is 12.0. The number of nitrogens with two attached hydrogens (primary N) is 2. The molecule has 1 aromatic carbocycles. The van der Waals surface area contributed by atoms with E-state index < -0.39 is 36.0 Å². The standard InChI is InChI=1S/C13H17NO3S.C8H9NO2.C2HF3O2/c1-3-17-13(16)10-8-5-4-7(2)6-9(8)18-11(10)12(14)15;9-7(8(10)11)6-4-2-1-3-5-6;3-2(4,5)1(6)7/h7H,3-6H2,1-2H3,(H2,14,15);1-5,7H,9H2,(H,10,11);(H,6,7)/t;7-;/m.0./s1. The highest BCUT2D eigenvalue weighted by Crippen LogP contribution is 2.36. The highest BCUT2D eigenvalue weighted by molar-refractivity contribution is 7.14. The maximum Gasteiger partial charge on any atom is 0.490 e. The molecule has 0 saturated carbocycles. The fourth-order valence-corrected chi connectivity index (χ4v) is 4.50. The van der Waals surface area contributed by atoms with Crippen LogP contribution in [0.25, 0.3) is 0 Å². The van der Waals surface area contributed by atoms with Gasteiger partial charge in [0.25, 0.3) is 5.91 Å². The van der Waals surface area contributed by atoms with Crippen LogP contribution >= 0.6 is 11.3 Å². The van der Waals surface area contributed by atoms with E-state index in [9.17, 15) is 27.6 Å². The lowest BCUT2D eigenvalue weighted by Crippen LogP contribution is -2.21. The lowest BCUT2D eigenvalue weighted by atomic mass is 9.88. The summed E-state index contributed by atoms with van der Waals surface area (Å²) in [5.74, 6) is -4.13. The molecule has 6 N–H and O–H groups in total. The predicted molar refractivity (Wildman–Crippen MR) is 125 cm³/mol. The van der Waals surface area contributed by atoms with Gasteiger partial charge in [0.05, 0.1) is 12.2 Å². The highest BCUT2D eigenvalue weighted by Gasteiger charge is 2.38. The van der Waals surface area contributed by atoms with Gasteiger partial charge in [0.2, 0.25) is 0 Å². The average Bonchev–Trinajstić information content (AvgIpc) is 3.18. The van der Waals surface area contributed by atoms with Gasteiger partial charge in [-0.1, -0.05) is 37.3 Å². The van der Waals surface area contributed by atoms with Crippen molar-refractivity contribution in [1.82, 2.24) is 0 Å². The van der Waals surface area contributed by atoms with Gasteiger partial charge < -0.3 is 26.4 Å². The number of benzene rings is 1. The summed E-state index contributed by atoms with van der Waals surface area (Å²) in [5, 5.41) is 15.6. The number of amides is 1. The molecular formula is C23H27F3N2O7S. The van der Waals surface area contributed by atoms with E-state index >= 15 is 0 Å². The Morgan fingerprint density at radius 1 is 1.17 bits per heavy atom. The lowest BCUT2D eigenvalue weighted by Gasteiger charge is -2.18. The number of thiophene rings is 1. The number of carbonyl (C=O) groups is 4. The van der Waals surface area contributed by atoms with Crippen LogP contribution < -0.4 is 11.5 Å². The molecule has 13 heteroatoms. The number of hydrogen-bond acceptors (Lipinski definition) is 7. The van der Waals surface area contributed by atoms with Gasteiger partial charge in [0.1, 0.15) is 10.9 Å². The van der Waals surface area contributed by atoms with Gasteiger partial charge >= 0.3 is 24.1 Å². The molecule has 3 rings (SSSR count). The number of alkyl halides is 3. The van der Waals surface area contributed by atoms with Crippen molar-refractivity contribution >= 4 is 35.2 Å². The number of fused-ring (bicyclic) bond motifs is 1. The van der Waals surface area contributed by atoms with E-state index in [4.69, 9.17) is 31.2 Å². The fraction of sp³-hybridized carbons (Fsp3) is 0.391. The number of carboxylic acid groups (broad SMARTS) is 2. The SMILES string of the molecule is CCOC(=O)c1c(C(N)=O)sc2c1CCC(C)C2.N[C@H](C(=O)O)c1ccccc1.O=C(O)C(F)(F)F. The first-order chi connectivity index (χ1) is 16.7. The zero-order chi connectivity index (χ0) is 27.6. The summed E-state index contributed by atoms with van der Waals surface area (Å²) in [6, 6.07) is 7.82. The number of aliphatic carboxylic acids is 2. The van der Waals surface area contributed by atoms with Crippen molar-refractivity contribution in [1.29, 1.82) is 0 Å². The molecule has 1 heterocycles. The van der Waals surface area contributed by atoms with Crippen LogP contribution in [0, 0.1) is 5.92 Å². The minimum Gasteiger partial charge on any atom is -0.480 e. The predicted octanol–water partition coefficient (Wildman–Crippen LogP) is 3.55. The third kappa shape index (κ3) is 8.96. The van der Waals surface area contributed by atoms with Crippen LogP contribution in [0.2, 0.25) is 0 Å². The molecule has 0 bridgehead atoms. The molecular weight excluding hydrogens is 505 g/mol. The number of halogens is 3. The highest BCUT2D eigenvalue weighted by atomic mass is 32.1. The first-order valence-corrected chi connectivity index (χ1v) is 11.5. The van der Waals surface area contributed by atoms with Gasteiger partial charge in [0, 0.05) is 4.88 Å². The topological polar surface area (TPSA) is 170 Å². The Kier molecular flexibility index (Phi) is 11.5. The van der Waals surface area contributed by atoms with Crippen molar-refractivity contribution in [2.45, 2.75) is 45.3 Å². The zero-order valence-electron chi connectivity index (χ0n) is 19.5. The van der Waals surface area contributed by atoms with Crippen molar-refractivity contribution in [2.75, 3.05) is 6.61 Å². The second-order valence-corrected chi connectivity index (χ2v) is 8.78. The maximum atomic E-state index is 12.0. The van der Waals surface area contributed by atoms with Crippen molar-refractivity contribution in [3.05, 3.63) is 56.8 Å². The number of ether oxygens (including phenoxy) is 1. The first kappa shape index (κ1) is 30.6. The summed E-state index contributed by atoms with van der Waals surface area (Å²) in [6.07, 6.45) is -2.30. The quantitative estimate of drug-likeness (QED) is 0.424. The molecule has 2 atom stereocenters. The molecule has 198 valence electrons. The molecule has 1 aliphatic carbocycles. The third-order valence-electron chi connectivity index (χ3n) is 4.88. The van der Waals surface area contributed by atoms with E-state index in [1.165, 1.54) is 11.3 Å². The Hall–Kier alpha value is -3.45. The monoisotopic (exact) mass is 532 g/mol. The van der Waals surface area contributed by atoms with E-state index in [1.807, 2.05) is 6.07 Å². The fourth-order valence-electron chi connectivity index (χ4n) is 3.15. The smallest absolute Gasteiger partial charge is 0.480 e. The molecule has 0 spiro atoms. The van der Waals surface area contributed by atoms with Gasteiger partial charge in [-0.25, -0.2) is 9.59 Å². The van der Waals surface area contributed by atoms with Gasteiger partial charge in [-0.3, -0.25) is 9.59 Å². The van der Waals surface area contributed by atoms with Gasteiger partial charge in [0.15, 0.2) is 0 Å². The van der Waals surface area contributed by atoms with Gasteiger partial charge in [-0.05, 0) is 43.2 Å². The van der Waals surface area contributed by atoms with E-state index in [0.29, 0.717) is 28.5 Å². The van der Waals surface area contributed by atoms with E-state index in [1.54, 1.807) is 31.2 Å². The molecule has 0 fully saturated rings. The van der Waals surface area contributed by atoms with Crippen molar-refractivity contribution in [2.24, 2.45) is 17.4 Å². The van der Waals surface area contributed by atoms with Crippen LogP contribution in [0.3, 0.4) is 0 Å². The number of primary amides is 1. The van der Waals surface area contributed by atoms with Crippen LogP contribution in [-0.2, 0) is 27.2 Å². The molecule has 36 heavy (non-hydrogen) atoms. The average molecular weight is 533 g/mol. The Bertz CT molecular complexity index is 1070. The second-order valence-electron chi connectivity index (χ2n) is 7.67. The zero-order valence-corrected chi connectivity index (χ0v) is 20.3. The normalized spacial score (nSPS) is 15.1. The van der Waals surface area contributed by atoms with Crippen LogP contribution in [0.15, 0.2) is 30.3 Å². The summed E-state index contributed by atoms with van der Waals surface area (Å²) < 4.78 is 36.8. The Labute approximate surface area is 208 Å². The molecule has 2 aromatic rings. The molecule has 1 amide bonds. The van der Waals surface area contributed by atoms with Gasteiger partial charge in [-0.2, -0.15) is 13.2 Å². The van der Waals surface area contributed by atoms with Crippen LogP contribution in [0.4, 0.5) is 13.2 Å². The Morgan fingerprint density at radius 3 is 2.17 bits per heavy atom. The molecule has 9 nitrogen and oxygen atoms in total. The molecule has 0 aliphatic heterocycles. The summed E-state index contributed by atoms with van der Waals surface area (Å²) in [5.41, 5.74) is 12.7.